The van der Waals surface area contributed by atoms with Crippen LogP contribution in [0.1, 0.15) is 69.8 Å². The monoisotopic (exact) mass is 540 g/mol. The van der Waals surface area contributed by atoms with Crippen molar-refractivity contribution in [3.05, 3.63) is 65.7 Å². The van der Waals surface area contributed by atoms with Crippen LogP contribution in [0.2, 0.25) is 0 Å². The molecule has 0 bridgehead atoms. The van der Waals surface area contributed by atoms with E-state index in [-0.39, 0.29) is 10.8 Å². The van der Waals surface area contributed by atoms with Gasteiger partial charge in [0.25, 0.3) is 0 Å². The van der Waals surface area contributed by atoms with Gasteiger partial charge in [-0.1, -0.05) is 62.9 Å². The van der Waals surface area contributed by atoms with E-state index < -0.39 is 33.0 Å². The Hall–Kier alpha value is -2.68. The predicted octanol–water partition coefficient (Wildman–Crippen LogP) is 8.87. The van der Waals surface area contributed by atoms with E-state index in [2.05, 4.69) is 11.1 Å². The molecule has 0 unspecified atom stereocenters. The average Bonchev–Trinajstić information content (AvgIpc) is 2.85. The van der Waals surface area contributed by atoms with Crippen molar-refractivity contribution in [2.75, 3.05) is 0 Å². The van der Waals surface area contributed by atoms with Crippen LogP contribution in [-0.2, 0) is 10.1 Å². The fourth-order valence-electron chi connectivity index (χ4n) is 5.16. The highest BCUT2D eigenvalue weighted by Crippen LogP contribution is 2.39. The van der Waals surface area contributed by atoms with E-state index in [1.165, 1.54) is 49.9 Å². The molecule has 3 nitrogen and oxygen atoms in total. The molecule has 0 atom stereocenters. The summed E-state index contributed by atoms with van der Waals surface area (Å²) >= 11 is 0. The summed E-state index contributed by atoms with van der Waals surface area (Å²) in [6, 6.07) is 11.4. The first kappa shape index (κ1) is 27.4. The number of fused-ring (bicyclic) bond motifs is 1. The van der Waals surface area contributed by atoms with Crippen LogP contribution in [0.15, 0.2) is 48.5 Å². The Kier molecular flexibility index (Phi) is 8.11. The van der Waals surface area contributed by atoms with Crippen molar-refractivity contribution >= 4 is 20.9 Å². The van der Waals surface area contributed by atoms with Crippen LogP contribution < -0.4 is 4.18 Å². The molecule has 0 spiro atoms. The highest BCUT2D eigenvalue weighted by Gasteiger charge is 2.49. The van der Waals surface area contributed by atoms with Gasteiger partial charge in [0, 0.05) is 10.9 Å². The largest absolute Gasteiger partial charge is 0.534 e. The SMILES string of the molecule is CCCCCC1CCC(c2ccc(-c3ccc4c(F)c(OS(=O)(=O)C(F)(F)F)ccc4c3)c(F)c2)CC1. The predicted molar refractivity (Wildman–Crippen MR) is 134 cm³/mol. The van der Waals surface area contributed by atoms with Gasteiger partial charge in [0.15, 0.2) is 11.6 Å². The zero-order valence-corrected chi connectivity index (χ0v) is 21.3. The third-order valence-corrected chi connectivity index (χ3v) is 8.21. The summed E-state index contributed by atoms with van der Waals surface area (Å²) in [6.07, 6.45) is 9.41. The molecule has 0 N–H and O–H groups in total. The molecule has 9 heteroatoms. The summed E-state index contributed by atoms with van der Waals surface area (Å²) in [5, 5.41) is 0.114. The van der Waals surface area contributed by atoms with Crippen LogP contribution in [0.4, 0.5) is 22.0 Å². The number of unbranched alkanes of at least 4 members (excludes halogenated alkanes) is 2. The van der Waals surface area contributed by atoms with Crippen molar-refractivity contribution in [1.29, 1.82) is 0 Å². The van der Waals surface area contributed by atoms with Crippen LogP contribution >= 0.6 is 0 Å². The Balaban J connectivity index is 1.51. The Morgan fingerprint density at radius 3 is 2.30 bits per heavy atom. The molecular weight excluding hydrogens is 511 g/mol. The molecule has 37 heavy (non-hydrogen) atoms. The second-order valence-electron chi connectivity index (χ2n) is 9.75. The maximum absolute atomic E-state index is 15.1. The molecule has 0 aliphatic heterocycles. The van der Waals surface area contributed by atoms with Gasteiger partial charge in [-0.25, -0.2) is 8.78 Å². The third-order valence-electron chi connectivity index (χ3n) is 7.24. The lowest BCUT2D eigenvalue weighted by atomic mass is 9.77. The summed E-state index contributed by atoms with van der Waals surface area (Å²) in [6.45, 7) is 2.20. The van der Waals surface area contributed by atoms with E-state index in [1.54, 1.807) is 12.1 Å². The number of benzene rings is 3. The zero-order chi connectivity index (χ0) is 26.8. The van der Waals surface area contributed by atoms with Crippen LogP contribution in [0.25, 0.3) is 21.9 Å². The molecule has 0 radical (unpaired) electrons. The molecule has 3 aromatic rings. The molecule has 0 saturated heterocycles. The normalized spacial score (nSPS) is 18.8. The molecule has 1 aliphatic carbocycles. The van der Waals surface area contributed by atoms with Gasteiger partial charge in [-0.3, -0.25) is 0 Å². The maximum atomic E-state index is 15.1. The van der Waals surface area contributed by atoms with Gasteiger partial charge < -0.3 is 4.18 Å². The number of rotatable bonds is 8. The smallest absolute Gasteiger partial charge is 0.373 e. The lowest BCUT2D eigenvalue weighted by molar-refractivity contribution is -0.0500. The number of hydrogen-bond acceptors (Lipinski definition) is 3. The summed E-state index contributed by atoms with van der Waals surface area (Å²) < 4.78 is 94.1. The van der Waals surface area contributed by atoms with E-state index in [1.807, 2.05) is 6.07 Å². The second kappa shape index (κ2) is 11.0. The Morgan fingerprint density at radius 2 is 1.65 bits per heavy atom. The van der Waals surface area contributed by atoms with Gasteiger partial charge >= 0.3 is 15.6 Å². The fourth-order valence-corrected chi connectivity index (χ4v) is 5.62. The van der Waals surface area contributed by atoms with Crippen molar-refractivity contribution in [1.82, 2.24) is 0 Å². The van der Waals surface area contributed by atoms with Crippen molar-refractivity contribution in [2.24, 2.45) is 5.92 Å². The molecule has 4 rings (SSSR count). The Labute approximate surface area is 213 Å². The first-order valence-electron chi connectivity index (χ1n) is 12.5. The van der Waals surface area contributed by atoms with Gasteiger partial charge in [0.05, 0.1) is 0 Å². The molecule has 1 fully saturated rings. The van der Waals surface area contributed by atoms with E-state index in [9.17, 15) is 26.0 Å². The minimum Gasteiger partial charge on any atom is -0.373 e. The summed E-state index contributed by atoms with van der Waals surface area (Å²) in [7, 11) is -6.01. The van der Waals surface area contributed by atoms with Crippen molar-refractivity contribution in [3.63, 3.8) is 0 Å². The van der Waals surface area contributed by atoms with E-state index in [4.69, 9.17) is 0 Å². The summed E-state index contributed by atoms with van der Waals surface area (Å²) in [5.41, 5.74) is -3.94. The topological polar surface area (TPSA) is 43.4 Å². The van der Waals surface area contributed by atoms with Crippen molar-refractivity contribution in [3.8, 4) is 16.9 Å². The zero-order valence-electron chi connectivity index (χ0n) is 20.5. The minimum absolute atomic E-state index is 0.147. The quantitative estimate of drug-likeness (QED) is 0.124. The van der Waals surface area contributed by atoms with Crippen molar-refractivity contribution in [2.45, 2.75) is 69.7 Å². The van der Waals surface area contributed by atoms with Crippen LogP contribution in [0.5, 0.6) is 5.75 Å². The summed E-state index contributed by atoms with van der Waals surface area (Å²) in [5.74, 6) is -1.64. The molecule has 200 valence electrons. The Bertz CT molecular complexity index is 1360. The molecule has 0 aromatic heterocycles. The highest BCUT2D eigenvalue weighted by atomic mass is 32.2. The molecule has 0 amide bonds. The molecule has 3 aromatic carbocycles. The molecule has 1 aliphatic rings. The first-order chi connectivity index (χ1) is 17.5. The Morgan fingerprint density at radius 1 is 0.919 bits per heavy atom. The molecule has 0 heterocycles. The lowest BCUT2D eigenvalue weighted by Crippen LogP contribution is -2.28. The van der Waals surface area contributed by atoms with Crippen LogP contribution in [-0.4, -0.2) is 13.9 Å². The summed E-state index contributed by atoms with van der Waals surface area (Å²) in [4.78, 5) is 0. The third kappa shape index (κ3) is 6.08. The number of hydrogen-bond donors (Lipinski definition) is 0. The van der Waals surface area contributed by atoms with Gasteiger partial charge in [0.1, 0.15) is 5.82 Å². The fraction of sp³-hybridized carbons (Fsp3) is 0.429. The van der Waals surface area contributed by atoms with Crippen LogP contribution in [0, 0.1) is 17.6 Å². The van der Waals surface area contributed by atoms with Crippen molar-refractivity contribution < 1.29 is 34.6 Å². The number of alkyl halides is 3. The number of halogens is 5. The van der Waals surface area contributed by atoms with Gasteiger partial charge in [0.2, 0.25) is 0 Å². The van der Waals surface area contributed by atoms with Crippen LogP contribution in [0.3, 0.4) is 0 Å². The first-order valence-corrected chi connectivity index (χ1v) is 13.9. The van der Waals surface area contributed by atoms with Gasteiger partial charge in [-0.15, -0.1) is 0 Å². The van der Waals surface area contributed by atoms with E-state index >= 15 is 4.39 Å². The standard InChI is InChI=1S/C28H29F5O3S/c1-2-3-4-5-18-6-8-19(9-7-18)20-10-13-23(25(29)17-20)21-11-14-24-22(16-21)12-15-26(27(24)30)36-37(34,35)28(31,32)33/h10-19H,2-9H2,1H3. The lowest BCUT2D eigenvalue weighted by Gasteiger charge is -2.29. The minimum atomic E-state index is -6.01. The average molecular weight is 541 g/mol. The van der Waals surface area contributed by atoms with E-state index in [0.717, 1.165) is 43.2 Å². The van der Waals surface area contributed by atoms with E-state index in [0.29, 0.717) is 17.0 Å². The highest BCUT2D eigenvalue weighted by molar-refractivity contribution is 7.88. The molecule has 1 saturated carbocycles. The maximum Gasteiger partial charge on any atom is 0.534 e. The van der Waals surface area contributed by atoms with Gasteiger partial charge in [-0.05, 0) is 72.2 Å². The van der Waals surface area contributed by atoms with Gasteiger partial charge in [-0.2, -0.15) is 21.6 Å². The molecular formula is C28H29F5O3S. The second-order valence-corrected chi connectivity index (χ2v) is 11.3.